The molecule has 0 atom stereocenters. The van der Waals surface area contributed by atoms with Crippen LogP contribution in [0, 0.1) is 12.7 Å². The molecule has 1 fully saturated rings. The van der Waals surface area contributed by atoms with Crippen molar-refractivity contribution in [1.82, 2.24) is 9.47 Å². The molecule has 0 bridgehead atoms. The van der Waals surface area contributed by atoms with Crippen molar-refractivity contribution < 1.29 is 9.13 Å². The maximum Gasteiger partial charge on any atom is 0.128 e. The molecule has 21 heavy (non-hydrogen) atoms. The van der Waals surface area contributed by atoms with Crippen LogP contribution < -0.4 is 0 Å². The Kier molecular flexibility index (Phi) is 4.27. The van der Waals surface area contributed by atoms with Gasteiger partial charge in [0.2, 0.25) is 0 Å². The first-order chi connectivity index (χ1) is 10.2. The molecule has 3 nitrogen and oxygen atoms in total. The first-order valence-corrected chi connectivity index (χ1v) is 7.70. The molecule has 1 aromatic carbocycles. The fraction of sp³-hybridized carbons (Fsp3) is 0.529. The van der Waals surface area contributed by atoms with Crippen molar-refractivity contribution in [3.63, 3.8) is 0 Å². The van der Waals surface area contributed by atoms with Crippen molar-refractivity contribution in [3.8, 4) is 0 Å². The van der Waals surface area contributed by atoms with Gasteiger partial charge in [0.15, 0.2) is 0 Å². The van der Waals surface area contributed by atoms with E-state index >= 15 is 0 Å². The molecule has 0 unspecified atom stereocenters. The maximum atomic E-state index is 13.7. The first kappa shape index (κ1) is 14.5. The Bertz CT molecular complexity index is 629. The number of ether oxygens (including phenoxy) is 1. The highest BCUT2D eigenvalue weighted by Crippen LogP contribution is 2.25. The highest BCUT2D eigenvalue weighted by Gasteiger charge is 2.12. The van der Waals surface area contributed by atoms with Crippen LogP contribution in [0.1, 0.15) is 17.7 Å². The second-order valence-corrected chi connectivity index (χ2v) is 5.86. The van der Waals surface area contributed by atoms with Crippen molar-refractivity contribution in [2.75, 3.05) is 32.8 Å². The van der Waals surface area contributed by atoms with Crippen LogP contribution in [0.25, 0.3) is 10.9 Å². The van der Waals surface area contributed by atoms with Crippen LogP contribution in [-0.4, -0.2) is 42.3 Å². The summed E-state index contributed by atoms with van der Waals surface area (Å²) >= 11 is 0. The van der Waals surface area contributed by atoms with E-state index in [0.717, 1.165) is 62.2 Å². The fourth-order valence-corrected chi connectivity index (χ4v) is 3.23. The summed E-state index contributed by atoms with van der Waals surface area (Å²) in [6.45, 7) is 6.76. The zero-order valence-corrected chi connectivity index (χ0v) is 12.9. The summed E-state index contributed by atoms with van der Waals surface area (Å²) in [5.41, 5.74) is 3.05. The topological polar surface area (TPSA) is 17.4 Å². The number of fused-ring (bicyclic) bond motifs is 1. The molecule has 0 radical (unpaired) electrons. The van der Waals surface area contributed by atoms with Crippen LogP contribution in [0.15, 0.2) is 18.2 Å². The normalized spacial score (nSPS) is 16.7. The molecule has 0 saturated carbocycles. The van der Waals surface area contributed by atoms with E-state index in [0.29, 0.717) is 0 Å². The Morgan fingerprint density at radius 3 is 2.76 bits per heavy atom. The van der Waals surface area contributed by atoms with Crippen LogP contribution in [0.5, 0.6) is 0 Å². The van der Waals surface area contributed by atoms with E-state index in [4.69, 9.17) is 4.74 Å². The van der Waals surface area contributed by atoms with E-state index in [1.54, 1.807) is 6.07 Å². The predicted molar refractivity (Wildman–Crippen MR) is 83.2 cm³/mol. The molecule has 114 valence electrons. The van der Waals surface area contributed by atoms with Crippen LogP contribution in [0.4, 0.5) is 4.39 Å². The SMILES string of the molecule is Cc1c(F)ccc2cc(CCCN3CCOCC3)n(C)c12. The van der Waals surface area contributed by atoms with Crippen LogP contribution in [-0.2, 0) is 18.2 Å². The third kappa shape index (κ3) is 2.97. The van der Waals surface area contributed by atoms with Crippen LogP contribution in [0.2, 0.25) is 0 Å². The number of aromatic nitrogens is 1. The van der Waals surface area contributed by atoms with E-state index < -0.39 is 0 Å². The number of aryl methyl sites for hydroxylation is 3. The molecule has 2 aromatic rings. The van der Waals surface area contributed by atoms with Crippen molar-refractivity contribution in [3.05, 3.63) is 35.3 Å². The molecule has 0 aliphatic carbocycles. The molecule has 3 rings (SSSR count). The lowest BCUT2D eigenvalue weighted by Crippen LogP contribution is -2.37. The summed E-state index contributed by atoms with van der Waals surface area (Å²) in [4.78, 5) is 2.46. The number of halogens is 1. The van der Waals surface area contributed by atoms with Gasteiger partial charge in [0.1, 0.15) is 5.82 Å². The van der Waals surface area contributed by atoms with E-state index in [2.05, 4.69) is 15.5 Å². The summed E-state index contributed by atoms with van der Waals surface area (Å²) in [6.07, 6.45) is 2.16. The standard InChI is InChI=1S/C17H23FN2O/c1-13-16(18)6-5-14-12-15(19(2)17(13)14)4-3-7-20-8-10-21-11-9-20/h5-6,12H,3-4,7-11H2,1-2H3. The zero-order chi connectivity index (χ0) is 14.8. The van der Waals surface area contributed by atoms with E-state index in [1.165, 1.54) is 5.69 Å². The molecular weight excluding hydrogens is 267 g/mol. The number of hydrogen-bond donors (Lipinski definition) is 0. The minimum absolute atomic E-state index is 0.122. The summed E-state index contributed by atoms with van der Waals surface area (Å²) in [7, 11) is 2.04. The fourth-order valence-electron chi connectivity index (χ4n) is 3.23. The summed E-state index contributed by atoms with van der Waals surface area (Å²) in [5, 5.41) is 1.14. The summed E-state index contributed by atoms with van der Waals surface area (Å²) in [5.74, 6) is -0.122. The molecule has 1 aliphatic heterocycles. The van der Waals surface area contributed by atoms with Crippen LogP contribution in [0.3, 0.4) is 0 Å². The highest BCUT2D eigenvalue weighted by atomic mass is 19.1. The van der Waals surface area contributed by atoms with Gasteiger partial charge in [-0.25, -0.2) is 4.39 Å². The number of hydrogen-bond acceptors (Lipinski definition) is 2. The van der Waals surface area contributed by atoms with Gasteiger partial charge in [-0.05, 0) is 44.5 Å². The Hall–Kier alpha value is -1.39. The van der Waals surface area contributed by atoms with Gasteiger partial charge in [-0.2, -0.15) is 0 Å². The first-order valence-electron chi connectivity index (χ1n) is 7.70. The number of nitrogens with zero attached hydrogens (tertiary/aromatic N) is 2. The van der Waals surface area contributed by atoms with Gasteiger partial charge in [-0.15, -0.1) is 0 Å². The van der Waals surface area contributed by atoms with Gasteiger partial charge in [-0.1, -0.05) is 0 Å². The third-order valence-electron chi connectivity index (χ3n) is 4.50. The predicted octanol–water partition coefficient (Wildman–Crippen LogP) is 2.89. The Morgan fingerprint density at radius 1 is 1.24 bits per heavy atom. The Balaban J connectivity index is 1.69. The van der Waals surface area contributed by atoms with Gasteiger partial charge in [0, 0.05) is 36.8 Å². The second kappa shape index (κ2) is 6.16. The van der Waals surface area contributed by atoms with Crippen LogP contribution >= 0.6 is 0 Å². The van der Waals surface area contributed by atoms with Gasteiger partial charge in [0.25, 0.3) is 0 Å². The largest absolute Gasteiger partial charge is 0.379 e. The second-order valence-electron chi connectivity index (χ2n) is 5.86. The van der Waals surface area contributed by atoms with Crippen molar-refractivity contribution in [1.29, 1.82) is 0 Å². The number of morpholine rings is 1. The Labute approximate surface area is 125 Å². The monoisotopic (exact) mass is 290 g/mol. The van der Waals surface area contributed by atoms with Gasteiger partial charge in [0.05, 0.1) is 18.7 Å². The molecular formula is C17H23FN2O. The van der Waals surface area contributed by atoms with Crippen molar-refractivity contribution in [2.45, 2.75) is 19.8 Å². The molecule has 1 aliphatic rings. The third-order valence-corrected chi connectivity index (χ3v) is 4.50. The smallest absolute Gasteiger partial charge is 0.128 e. The van der Waals surface area contributed by atoms with Gasteiger partial charge < -0.3 is 9.30 Å². The average molecular weight is 290 g/mol. The lowest BCUT2D eigenvalue weighted by molar-refractivity contribution is 0.0374. The van der Waals surface area contributed by atoms with Crippen molar-refractivity contribution >= 4 is 10.9 Å². The number of benzene rings is 1. The van der Waals surface area contributed by atoms with E-state index in [9.17, 15) is 4.39 Å². The molecule has 1 saturated heterocycles. The lowest BCUT2D eigenvalue weighted by atomic mass is 10.1. The summed E-state index contributed by atoms with van der Waals surface area (Å²) in [6, 6.07) is 5.64. The van der Waals surface area contributed by atoms with Gasteiger partial charge >= 0.3 is 0 Å². The van der Waals surface area contributed by atoms with E-state index in [1.807, 2.05) is 20.0 Å². The average Bonchev–Trinajstić information content (AvgIpc) is 2.81. The lowest BCUT2D eigenvalue weighted by Gasteiger charge is -2.26. The molecule has 2 heterocycles. The quantitative estimate of drug-likeness (QED) is 0.861. The molecule has 0 N–H and O–H groups in total. The minimum Gasteiger partial charge on any atom is -0.379 e. The van der Waals surface area contributed by atoms with E-state index in [-0.39, 0.29) is 5.82 Å². The highest BCUT2D eigenvalue weighted by molar-refractivity contribution is 5.84. The summed E-state index contributed by atoms with van der Waals surface area (Å²) < 4.78 is 21.2. The molecule has 4 heteroatoms. The number of rotatable bonds is 4. The van der Waals surface area contributed by atoms with Gasteiger partial charge in [-0.3, -0.25) is 4.90 Å². The molecule has 1 aromatic heterocycles. The Morgan fingerprint density at radius 2 is 2.00 bits per heavy atom. The maximum absolute atomic E-state index is 13.7. The minimum atomic E-state index is -0.122. The van der Waals surface area contributed by atoms with Crippen molar-refractivity contribution in [2.24, 2.45) is 7.05 Å². The zero-order valence-electron chi connectivity index (χ0n) is 12.9. The molecule has 0 spiro atoms. The molecule has 0 amide bonds.